The molecule has 4 nitrogen and oxygen atoms in total. The van der Waals surface area contributed by atoms with E-state index in [4.69, 9.17) is 14.2 Å². The average Bonchev–Trinajstić information content (AvgIpc) is 2.52. The predicted molar refractivity (Wildman–Crippen MR) is 93.7 cm³/mol. The zero-order valence-corrected chi connectivity index (χ0v) is 14.5. The summed E-state index contributed by atoms with van der Waals surface area (Å²) in [6.45, 7) is 6.85. The molecule has 2 aromatic rings. The number of rotatable bonds is 6. The lowest BCUT2D eigenvalue weighted by Crippen LogP contribution is -2.22. The molecule has 0 heterocycles. The van der Waals surface area contributed by atoms with Gasteiger partial charge in [-0.15, -0.1) is 0 Å². The fourth-order valence-electron chi connectivity index (χ4n) is 2.18. The molecule has 0 aliphatic rings. The van der Waals surface area contributed by atoms with E-state index in [1.54, 1.807) is 14.2 Å². The van der Waals surface area contributed by atoms with E-state index in [2.05, 4.69) is 17.4 Å². The van der Waals surface area contributed by atoms with E-state index in [-0.39, 0.29) is 5.60 Å². The second kappa shape index (κ2) is 7.27. The molecule has 0 fully saturated rings. The predicted octanol–water partition coefficient (Wildman–Crippen LogP) is 4.49. The standard InChI is InChI=1S/C19H25NO3/c1-19(2,3)23-16-9-6-14(7-10-16)13-20-15-8-11-17(21-4)18(12-15)22-5/h6-12,20H,13H2,1-5H3. The first-order valence-electron chi connectivity index (χ1n) is 7.65. The number of hydrogen-bond acceptors (Lipinski definition) is 4. The van der Waals surface area contributed by atoms with Gasteiger partial charge in [0.2, 0.25) is 0 Å². The molecule has 0 bridgehead atoms. The molecule has 0 aliphatic carbocycles. The van der Waals surface area contributed by atoms with Gasteiger partial charge < -0.3 is 19.5 Å². The quantitative estimate of drug-likeness (QED) is 0.852. The van der Waals surface area contributed by atoms with E-state index < -0.39 is 0 Å². The van der Waals surface area contributed by atoms with Crippen LogP contribution in [0.15, 0.2) is 42.5 Å². The minimum Gasteiger partial charge on any atom is -0.493 e. The highest BCUT2D eigenvalue weighted by Crippen LogP contribution is 2.30. The molecule has 0 saturated carbocycles. The van der Waals surface area contributed by atoms with Crippen LogP contribution in [0.3, 0.4) is 0 Å². The Hall–Kier alpha value is -2.36. The van der Waals surface area contributed by atoms with Crippen LogP contribution in [0.4, 0.5) is 5.69 Å². The fourth-order valence-corrected chi connectivity index (χ4v) is 2.18. The second-order valence-electron chi connectivity index (χ2n) is 6.28. The van der Waals surface area contributed by atoms with E-state index in [0.717, 1.165) is 23.7 Å². The number of hydrogen-bond donors (Lipinski definition) is 1. The monoisotopic (exact) mass is 315 g/mol. The Balaban J connectivity index is 1.98. The van der Waals surface area contributed by atoms with Crippen molar-refractivity contribution in [2.45, 2.75) is 32.9 Å². The van der Waals surface area contributed by atoms with Crippen molar-refractivity contribution < 1.29 is 14.2 Å². The average molecular weight is 315 g/mol. The van der Waals surface area contributed by atoms with Gasteiger partial charge >= 0.3 is 0 Å². The Bertz CT molecular complexity index is 630. The summed E-state index contributed by atoms with van der Waals surface area (Å²) in [5.41, 5.74) is 1.98. The Labute approximate surface area is 138 Å². The number of benzene rings is 2. The number of ether oxygens (including phenoxy) is 3. The van der Waals surface area contributed by atoms with Gasteiger partial charge in [-0.05, 0) is 50.6 Å². The van der Waals surface area contributed by atoms with Crippen LogP contribution in [0.5, 0.6) is 17.2 Å². The van der Waals surface area contributed by atoms with E-state index in [0.29, 0.717) is 5.75 Å². The second-order valence-corrected chi connectivity index (χ2v) is 6.28. The molecule has 2 aromatic carbocycles. The zero-order valence-electron chi connectivity index (χ0n) is 14.5. The lowest BCUT2D eigenvalue weighted by atomic mass is 10.1. The van der Waals surface area contributed by atoms with Crippen LogP contribution in [0.25, 0.3) is 0 Å². The van der Waals surface area contributed by atoms with Crippen LogP contribution in [-0.4, -0.2) is 19.8 Å². The molecule has 0 radical (unpaired) electrons. The maximum Gasteiger partial charge on any atom is 0.162 e. The van der Waals surface area contributed by atoms with E-state index in [1.165, 1.54) is 5.56 Å². The number of anilines is 1. The molecule has 0 saturated heterocycles. The van der Waals surface area contributed by atoms with Crippen LogP contribution in [0.1, 0.15) is 26.3 Å². The zero-order chi connectivity index (χ0) is 16.9. The molecule has 23 heavy (non-hydrogen) atoms. The Morgan fingerprint density at radius 2 is 1.52 bits per heavy atom. The Kier molecular flexibility index (Phi) is 5.37. The molecule has 2 rings (SSSR count). The first kappa shape index (κ1) is 17.0. The highest BCUT2D eigenvalue weighted by Gasteiger charge is 2.11. The molecule has 1 N–H and O–H groups in total. The van der Waals surface area contributed by atoms with Crippen molar-refractivity contribution in [2.75, 3.05) is 19.5 Å². The summed E-state index contributed by atoms with van der Waals surface area (Å²) in [5, 5.41) is 3.38. The highest BCUT2D eigenvalue weighted by atomic mass is 16.5. The largest absolute Gasteiger partial charge is 0.493 e. The number of methoxy groups -OCH3 is 2. The molecule has 0 amide bonds. The molecule has 0 aliphatic heterocycles. The van der Waals surface area contributed by atoms with Gasteiger partial charge in [-0.25, -0.2) is 0 Å². The maximum absolute atomic E-state index is 5.82. The van der Waals surface area contributed by atoms with Crippen molar-refractivity contribution >= 4 is 5.69 Å². The highest BCUT2D eigenvalue weighted by molar-refractivity contribution is 5.55. The molecule has 0 spiro atoms. The van der Waals surface area contributed by atoms with E-state index in [1.807, 2.05) is 51.1 Å². The van der Waals surface area contributed by atoms with Gasteiger partial charge in [0.25, 0.3) is 0 Å². The Morgan fingerprint density at radius 1 is 0.870 bits per heavy atom. The van der Waals surface area contributed by atoms with Gasteiger partial charge in [0, 0.05) is 18.3 Å². The molecule has 124 valence electrons. The molecule has 0 unspecified atom stereocenters. The molecule has 0 atom stereocenters. The minimum absolute atomic E-state index is 0.181. The van der Waals surface area contributed by atoms with Crippen molar-refractivity contribution in [1.82, 2.24) is 0 Å². The minimum atomic E-state index is -0.181. The van der Waals surface area contributed by atoms with Gasteiger partial charge in [-0.1, -0.05) is 12.1 Å². The first-order chi connectivity index (χ1) is 10.9. The van der Waals surface area contributed by atoms with Crippen molar-refractivity contribution in [1.29, 1.82) is 0 Å². The third kappa shape index (κ3) is 5.09. The molecular formula is C19H25NO3. The summed E-state index contributed by atoms with van der Waals surface area (Å²) in [7, 11) is 3.27. The normalized spacial score (nSPS) is 11.0. The van der Waals surface area contributed by atoms with Crippen LogP contribution in [0.2, 0.25) is 0 Å². The van der Waals surface area contributed by atoms with Crippen molar-refractivity contribution in [3.05, 3.63) is 48.0 Å². The van der Waals surface area contributed by atoms with Gasteiger partial charge in [0.15, 0.2) is 11.5 Å². The van der Waals surface area contributed by atoms with Crippen molar-refractivity contribution in [2.24, 2.45) is 0 Å². The van der Waals surface area contributed by atoms with Gasteiger partial charge in [0.1, 0.15) is 11.4 Å². The third-order valence-corrected chi connectivity index (χ3v) is 3.23. The maximum atomic E-state index is 5.82. The van der Waals surface area contributed by atoms with Gasteiger partial charge in [-0.2, -0.15) is 0 Å². The summed E-state index contributed by atoms with van der Waals surface area (Å²) in [6, 6.07) is 13.9. The van der Waals surface area contributed by atoms with E-state index in [9.17, 15) is 0 Å². The summed E-state index contributed by atoms with van der Waals surface area (Å²) in [6.07, 6.45) is 0. The number of nitrogens with one attached hydrogen (secondary N) is 1. The topological polar surface area (TPSA) is 39.7 Å². The summed E-state index contributed by atoms with van der Waals surface area (Å²) < 4.78 is 16.4. The van der Waals surface area contributed by atoms with Crippen LogP contribution in [-0.2, 0) is 6.54 Å². The first-order valence-corrected chi connectivity index (χ1v) is 7.65. The molecule has 0 aromatic heterocycles. The molecule has 4 heteroatoms. The lowest BCUT2D eigenvalue weighted by molar-refractivity contribution is 0.131. The SMILES string of the molecule is COc1ccc(NCc2ccc(OC(C)(C)C)cc2)cc1OC. The smallest absolute Gasteiger partial charge is 0.162 e. The fraction of sp³-hybridized carbons (Fsp3) is 0.368. The van der Waals surface area contributed by atoms with Gasteiger partial charge in [-0.3, -0.25) is 0 Å². The van der Waals surface area contributed by atoms with E-state index >= 15 is 0 Å². The van der Waals surface area contributed by atoms with Crippen molar-refractivity contribution in [3.8, 4) is 17.2 Å². The molecular weight excluding hydrogens is 290 g/mol. The summed E-state index contributed by atoms with van der Waals surface area (Å²) >= 11 is 0. The van der Waals surface area contributed by atoms with Crippen LogP contribution in [0, 0.1) is 0 Å². The Morgan fingerprint density at radius 3 is 2.09 bits per heavy atom. The van der Waals surface area contributed by atoms with Crippen LogP contribution >= 0.6 is 0 Å². The summed E-state index contributed by atoms with van der Waals surface area (Å²) in [4.78, 5) is 0. The lowest BCUT2D eigenvalue weighted by Gasteiger charge is -2.21. The van der Waals surface area contributed by atoms with Gasteiger partial charge in [0.05, 0.1) is 14.2 Å². The third-order valence-electron chi connectivity index (χ3n) is 3.23. The van der Waals surface area contributed by atoms with Crippen molar-refractivity contribution in [3.63, 3.8) is 0 Å². The summed E-state index contributed by atoms with van der Waals surface area (Å²) in [5.74, 6) is 2.32. The van der Waals surface area contributed by atoms with Crippen LogP contribution < -0.4 is 19.5 Å².